The lowest BCUT2D eigenvalue weighted by Gasteiger charge is -2.45. The molecule has 19 heavy (non-hydrogen) atoms. The minimum Gasteiger partial charge on any atom is -0.376 e. The van der Waals surface area contributed by atoms with Gasteiger partial charge in [0.2, 0.25) is 0 Å². The van der Waals surface area contributed by atoms with Crippen LogP contribution in [0.25, 0.3) is 0 Å². The summed E-state index contributed by atoms with van der Waals surface area (Å²) in [6.45, 7) is 0.729. The molecule has 0 bridgehead atoms. The summed E-state index contributed by atoms with van der Waals surface area (Å²) in [4.78, 5) is 12.2. The second-order valence-electron chi connectivity index (χ2n) is 4.99. The van der Waals surface area contributed by atoms with Gasteiger partial charge in [0.15, 0.2) is 0 Å². The molecule has 1 heterocycles. The number of nitrogens with one attached hydrogen (secondary N) is 1. The van der Waals surface area contributed by atoms with E-state index in [1.54, 1.807) is 18.2 Å². The molecule has 2 fully saturated rings. The molecule has 2 aliphatic rings. The molecular weight excluding hydrogens is 332 g/mol. The van der Waals surface area contributed by atoms with Gasteiger partial charge in [-0.25, -0.2) is 0 Å². The lowest BCUT2D eigenvalue weighted by atomic mass is 9.72. The van der Waals surface area contributed by atoms with Crippen molar-refractivity contribution >= 4 is 33.4 Å². The molecule has 1 saturated heterocycles. The highest BCUT2D eigenvalue weighted by molar-refractivity contribution is 9.10. The van der Waals surface area contributed by atoms with E-state index in [0.29, 0.717) is 16.5 Å². The van der Waals surface area contributed by atoms with Gasteiger partial charge in [-0.1, -0.05) is 27.5 Å². The van der Waals surface area contributed by atoms with Crippen LogP contribution >= 0.6 is 27.5 Å². The van der Waals surface area contributed by atoms with Gasteiger partial charge < -0.3 is 15.8 Å². The minimum absolute atomic E-state index is 0.0256. The van der Waals surface area contributed by atoms with E-state index >= 15 is 0 Å². The van der Waals surface area contributed by atoms with Crippen LogP contribution < -0.4 is 11.1 Å². The van der Waals surface area contributed by atoms with Crippen LogP contribution in [0, 0.1) is 5.92 Å². The Bertz CT molecular complexity index is 525. The van der Waals surface area contributed by atoms with E-state index < -0.39 is 0 Å². The van der Waals surface area contributed by atoms with E-state index in [0.717, 1.165) is 17.5 Å². The Morgan fingerprint density at radius 1 is 1.53 bits per heavy atom. The Morgan fingerprint density at radius 2 is 2.32 bits per heavy atom. The number of carbonyl (C=O) groups excluding carboxylic acids is 1. The Labute approximate surface area is 124 Å². The van der Waals surface area contributed by atoms with E-state index in [9.17, 15) is 4.79 Å². The minimum atomic E-state index is -0.208. The standard InChI is InChI=1S/C13H14BrClN2O2/c14-6-1-2-9(15)8(5-6)13(18)17-11-10(16)7-3-4-19-12(7)11/h1-2,5,7,10-12H,3-4,16H2,(H,17,18). The van der Waals surface area contributed by atoms with Crippen LogP contribution in [0.3, 0.4) is 0 Å². The second-order valence-corrected chi connectivity index (χ2v) is 6.31. The highest BCUT2D eigenvalue weighted by Crippen LogP contribution is 2.38. The van der Waals surface area contributed by atoms with Crippen LogP contribution in [0.4, 0.5) is 0 Å². The maximum Gasteiger partial charge on any atom is 0.253 e. The number of ether oxygens (including phenoxy) is 1. The molecule has 0 spiro atoms. The van der Waals surface area contributed by atoms with Gasteiger partial charge in [0.1, 0.15) is 0 Å². The fourth-order valence-electron chi connectivity index (χ4n) is 2.83. The van der Waals surface area contributed by atoms with E-state index in [-0.39, 0.29) is 24.1 Å². The maximum absolute atomic E-state index is 12.2. The lowest BCUT2D eigenvalue weighted by molar-refractivity contribution is -0.0161. The first-order valence-corrected chi connectivity index (χ1v) is 7.38. The molecule has 4 unspecified atom stereocenters. The zero-order valence-corrected chi connectivity index (χ0v) is 12.4. The fourth-order valence-corrected chi connectivity index (χ4v) is 3.39. The van der Waals surface area contributed by atoms with Crippen molar-refractivity contribution in [2.75, 3.05) is 6.61 Å². The molecule has 0 aromatic heterocycles. The van der Waals surface area contributed by atoms with Gasteiger partial charge in [-0.2, -0.15) is 0 Å². The number of fused-ring (bicyclic) bond motifs is 1. The molecule has 4 atom stereocenters. The van der Waals surface area contributed by atoms with Gasteiger partial charge in [-0.05, 0) is 24.6 Å². The maximum atomic E-state index is 12.2. The molecule has 3 N–H and O–H groups in total. The first kappa shape index (κ1) is 13.4. The van der Waals surface area contributed by atoms with Crippen LogP contribution in [-0.4, -0.2) is 30.7 Å². The third-order valence-electron chi connectivity index (χ3n) is 3.92. The predicted octanol–water partition coefficient (Wildman–Crippen LogP) is 1.95. The smallest absolute Gasteiger partial charge is 0.253 e. The third kappa shape index (κ3) is 2.29. The van der Waals surface area contributed by atoms with Crippen molar-refractivity contribution in [1.29, 1.82) is 0 Å². The number of benzene rings is 1. The predicted molar refractivity (Wildman–Crippen MR) is 76.2 cm³/mol. The molecule has 1 amide bonds. The molecule has 1 aromatic carbocycles. The average molecular weight is 346 g/mol. The second kappa shape index (κ2) is 5.05. The van der Waals surface area contributed by atoms with Crippen LogP contribution in [-0.2, 0) is 4.74 Å². The number of carbonyl (C=O) groups is 1. The summed E-state index contributed by atoms with van der Waals surface area (Å²) >= 11 is 9.37. The van der Waals surface area contributed by atoms with E-state index in [1.165, 1.54) is 0 Å². The van der Waals surface area contributed by atoms with Gasteiger partial charge in [0.05, 0.1) is 22.7 Å². The van der Waals surface area contributed by atoms with E-state index in [4.69, 9.17) is 22.1 Å². The Balaban J connectivity index is 1.73. The molecule has 3 rings (SSSR count). The molecule has 102 valence electrons. The summed E-state index contributed by atoms with van der Waals surface area (Å²) in [5.74, 6) is 0.170. The summed E-state index contributed by atoms with van der Waals surface area (Å²) in [7, 11) is 0. The lowest BCUT2D eigenvalue weighted by Crippen LogP contribution is -2.68. The van der Waals surface area contributed by atoms with E-state index in [1.807, 2.05) is 0 Å². The SMILES string of the molecule is NC1C2CCOC2C1NC(=O)c1cc(Br)ccc1Cl. The summed E-state index contributed by atoms with van der Waals surface area (Å²) in [5, 5.41) is 3.36. The van der Waals surface area contributed by atoms with Crippen molar-refractivity contribution in [3.63, 3.8) is 0 Å². The van der Waals surface area contributed by atoms with Gasteiger partial charge in [0.25, 0.3) is 5.91 Å². The van der Waals surface area contributed by atoms with Gasteiger partial charge >= 0.3 is 0 Å². The number of halogens is 2. The molecule has 1 aromatic rings. The van der Waals surface area contributed by atoms with Crippen LogP contribution in [0.15, 0.2) is 22.7 Å². The molecule has 1 saturated carbocycles. The van der Waals surface area contributed by atoms with Gasteiger partial charge in [-0.3, -0.25) is 4.79 Å². The number of rotatable bonds is 2. The number of hydrogen-bond acceptors (Lipinski definition) is 3. The Kier molecular flexibility index (Phi) is 3.55. The van der Waals surface area contributed by atoms with Crippen molar-refractivity contribution in [2.24, 2.45) is 11.7 Å². The van der Waals surface area contributed by atoms with E-state index in [2.05, 4.69) is 21.2 Å². The van der Waals surface area contributed by atoms with Crippen molar-refractivity contribution in [2.45, 2.75) is 24.6 Å². The summed E-state index contributed by atoms with van der Waals surface area (Å²) in [5.41, 5.74) is 6.51. The molecular formula is C13H14BrClN2O2. The summed E-state index contributed by atoms with van der Waals surface area (Å²) < 4.78 is 6.40. The number of nitrogens with two attached hydrogens (primary N) is 1. The van der Waals surface area contributed by atoms with Crippen molar-refractivity contribution in [3.05, 3.63) is 33.3 Å². The zero-order valence-electron chi connectivity index (χ0n) is 10.1. The monoisotopic (exact) mass is 344 g/mol. The zero-order chi connectivity index (χ0) is 13.6. The first-order chi connectivity index (χ1) is 9.08. The molecule has 0 radical (unpaired) electrons. The van der Waals surface area contributed by atoms with Crippen LogP contribution in [0.5, 0.6) is 0 Å². The normalized spacial score (nSPS) is 32.6. The van der Waals surface area contributed by atoms with Gasteiger partial charge in [-0.15, -0.1) is 0 Å². The molecule has 4 nitrogen and oxygen atoms in total. The number of amides is 1. The average Bonchev–Trinajstić information content (AvgIpc) is 2.83. The first-order valence-electron chi connectivity index (χ1n) is 6.21. The highest BCUT2D eigenvalue weighted by Gasteiger charge is 2.52. The molecule has 6 heteroatoms. The Morgan fingerprint density at radius 3 is 3.11 bits per heavy atom. The van der Waals surface area contributed by atoms with Crippen LogP contribution in [0.2, 0.25) is 5.02 Å². The third-order valence-corrected chi connectivity index (χ3v) is 4.74. The van der Waals surface area contributed by atoms with Crippen molar-refractivity contribution < 1.29 is 9.53 Å². The Hall–Kier alpha value is -0.620. The largest absolute Gasteiger partial charge is 0.376 e. The molecule has 1 aliphatic carbocycles. The van der Waals surface area contributed by atoms with Crippen LogP contribution in [0.1, 0.15) is 16.8 Å². The molecule has 1 aliphatic heterocycles. The van der Waals surface area contributed by atoms with Crippen molar-refractivity contribution in [1.82, 2.24) is 5.32 Å². The summed E-state index contributed by atoms with van der Waals surface area (Å²) in [6, 6.07) is 5.05. The fraction of sp³-hybridized carbons (Fsp3) is 0.462. The quantitative estimate of drug-likeness (QED) is 0.861. The summed E-state index contributed by atoms with van der Waals surface area (Å²) in [6.07, 6.45) is 1.04. The van der Waals surface area contributed by atoms with Crippen molar-refractivity contribution in [3.8, 4) is 0 Å². The number of hydrogen-bond donors (Lipinski definition) is 2. The highest BCUT2D eigenvalue weighted by atomic mass is 79.9. The van der Waals surface area contributed by atoms with Gasteiger partial charge in [0, 0.05) is 23.0 Å². The topological polar surface area (TPSA) is 64.3 Å².